The first kappa shape index (κ1) is 18.4. The largest absolute Gasteiger partial charge is 0.351 e. The molecule has 0 spiro atoms. The molecule has 2 atom stereocenters. The summed E-state index contributed by atoms with van der Waals surface area (Å²) in [6.07, 6.45) is 3.06. The second-order valence-corrected chi connectivity index (χ2v) is 9.00. The van der Waals surface area contributed by atoms with Crippen molar-refractivity contribution in [2.75, 3.05) is 19.6 Å². The fourth-order valence-electron chi connectivity index (χ4n) is 3.88. The molecule has 3 nitrogen and oxygen atoms in total. The predicted octanol–water partition coefficient (Wildman–Crippen LogP) is 3.09. The zero-order chi connectivity index (χ0) is 18.5. The van der Waals surface area contributed by atoms with E-state index in [1.165, 1.54) is 25.8 Å². The SMILES string of the molecule is O=C(C[NH+]1CCc2sccc2[C@@H]1c1cccs1)NCCCc1ccccc1. The number of benzene rings is 1. The van der Waals surface area contributed by atoms with Gasteiger partial charge in [-0.25, -0.2) is 0 Å². The van der Waals surface area contributed by atoms with Crippen LogP contribution in [0, 0.1) is 0 Å². The van der Waals surface area contributed by atoms with Crippen LogP contribution >= 0.6 is 22.7 Å². The molecular weight excluding hydrogens is 372 g/mol. The van der Waals surface area contributed by atoms with Crippen LogP contribution in [0.2, 0.25) is 0 Å². The van der Waals surface area contributed by atoms with E-state index in [1.807, 2.05) is 17.4 Å². The third-order valence-corrected chi connectivity index (χ3v) is 7.13. The van der Waals surface area contributed by atoms with Crippen molar-refractivity contribution in [2.45, 2.75) is 25.3 Å². The summed E-state index contributed by atoms with van der Waals surface area (Å²) in [6.45, 7) is 2.31. The van der Waals surface area contributed by atoms with Gasteiger partial charge < -0.3 is 10.2 Å². The van der Waals surface area contributed by atoms with Gasteiger partial charge in [-0.2, -0.15) is 0 Å². The zero-order valence-corrected chi connectivity index (χ0v) is 17.0. The Morgan fingerprint density at radius 3 is 2.78 bits per heavy atom. The number of aryl methyl sites for hydroxylation is 1. The van der Waals surface area contributed by atoms with E-state index in [9.17, 15) is 4.79 Å². The lowest BCUT2D eigenvalue weighted by Gasteiger charge is -2.31. The third kappa shape index (κ3) is 4.49. The maximum atomic E-state index is 12.6. The number of quaternary nitrogens is 1. The van der Waals surface area contributed by atoms with E-state index in [4.69, 9.17) is 0 Å². The van der Waals surface area contributed by atoms with Gasteiger partial charge in [0.2, 0.25) is 0 Å². The van der Waals surface area contributed by atoms with Gasteiger partial charge in [0, 0.05) is 23.4 Å². The molecule has 0 fully saturated rings. The molecular formula is C22H25N2OS2+. The highest BCUT2D eigenvalue weighted by atomic mass is 32.1. The highest BCUT2D eigenvalue weighted by molar-refractivity contribution is 7.10. The number of thiophene rings is 2. The van der Waals surface area contributed by atoms with Crippen molar-refractivity contribution in [2.24, 2.45) is 0 Å². The maximum absolute atomic E-state index is 12.6. The number of amides is 1. The molecule has 0 aliphatic carbocycles. The molecule has 0 saturated heterocycles. The maximum Gasteiger partial charge on any atom is 0.275 e. The molecule has 1 aromatic carbocycles. The van der Waals surface area contributed by atoms with Gasteiger partial charge in [-0.3, -0.25) is 4.79 Å². The van der Waals surface area contributed by atoms with Gasteiger partial charge in [0.15, 0.2) is 6.54 Å². The first-order valence-electron chi connectivity index (χ1n) is 9.56. The highest BCUT2D eigenvalue weighted by Gasteiger charge is 2.34. The van der Waals surface area contributed by atoms with E-state index in [2.05, 4.69) is 58.5 Å². The number of carbonyl (C=O) groups is 1. The molecule has 140 valence electrons. The molecule has 27 heavy (non-hydrogen) atoms. The zero-order valence-electron chi connectivity index (χ0n) is 15.3. The van der Waals surface area contributed by atoms with Gasteiger partial charge in [0.05, 0.1) is 11.4 Å². The topological polar surface area (TPSA) is 33.5 Å². The van der Waals surface area contributed by atoms with Crippen LogP contribution in [-0.2, 0) is 17.6 Å². The summed E-state index contributed by atoms with van der Waals surface area (Å²) >= 11 is 3.65. The Kier molecular flexibility index (Phi) is 6.02. The smallest absolute Gasteiger partial charge is 0.275 e. The fourth-order valence-corrected chi connectivity index (χ4v) is 5.71. The molecule has 2 aromatic heterocycles. The van der Waals surface area contributed by atoms with Crippen LogP contribution in [0.5, 0.6) is 0 Å². The van der Waals surface area contributed by atoms with Gasteiger partial charge in [0.25, 0.3) is 5.91 Å². The van der Waals surface area contributed by atoms with E-state index in [0.29, 0.717) is 12.6 Å². The summed E-state index contributed by atoms with van der Waals surface area (Å²) in [6, 6.07) is 17.3. The van der Waals surface area contributed by atoms with Crippen LogP contribution in [0.25, 0.3) is 0 Å². The van der Waals surface area contributed by atoms with E-state index >= 15 is 0 Å². The van der Waals surface area contributed by atoms with E-state index in [0.717, 1.165) is 32.4 Å². The summed E-state index contributed by atoms with van der Waals surface area (Å²) in [5, 5.41) is 7.46. The average Bonchev–Trinajstić information content (AvgIpc) is 3.38. The van der Waals surface area contributed by atoms with Crippen molar-refractivity contribution >= 4 is 28.6 Å². The number of hydrogen-bond donors (Lipinski definition) is 2. The molecule has 0 radical (unpaired) electrons. The summed E-state index contributed by atoms with van der Waals surface area (Å²) < 4.78 is 0. The molecule has 3 heterocycles. The molecule has 3 aromatic rings. The monoisotopic (exact) mass is 397 g/mol. The number of fused-ring (bicyclic) bond motifs is 1. The Morgan fingerprint density at radius 2 is 1.96 bits per heavy atom. The minimum atomic E-state index is 0.165. The van der Waals surface area contributed by atoms with Gasteiger partial charge >= 0.3 is 0 Å². The Bertz CT molecular complexity index is 858. The molecule has 1 amide bonds. The summed E-state index contributed by atoms with van der Waals surface area (Å²) in [5.41, 5.74) is 2.75. The number of carbonyl (C=O) groups excluding carboxylic acids is 1. The van der Waals surface area contributed by atoms with Crippen LogP contribution in [0.1, 0.15) is 33.3 Å². The lowest BCUT2D eigenvalue weighted by molar-refractivity contribution is -0.919. The van der Waals surface area contributed by atoms with Crippen molar-refractivity contribution in [1.29, 1.82) is 0 Å². The quantitative estimate of drug-likeness (QED) is 0.590. The van der Waals surface area contributed by atoms with Crippen LogP contribution in [0.3, 0.4) is 0 Å². The first-order valence-corrected chi connectivity index (χ1v) is 11.3. The Balaban J connectivity index is 1.33. The normalized spacial score (nSPS) is 18.8. The molecule has 2 N–H and O–H groups in total. The third-order valence-electron chi connectivity index (χ3n) is 5.19. The Labute approximate surface area is 168 Å². The second-order valence-electron chi connectivity index (χ2n) is 7.02. The predicted molar refractivity (Wildman–Crippen MR) is 113 cm³/mol. The standard InChI is InChI=1S/C22H24N2OS2/c25-21(23-12-4-8-17-6-2-1-3-7-17)16-24-13-10-19-18(11-15-27-19)22(24)20-9-5-14-26-20/h1-3,5-7,9,11,14-15,22H,4,8,10,12-13,16H2,(H,23,25)/p+1/t22-/m1/s1. The first-order chi connectivity index (χ1) is 13.3. The van der Waals surface area contributed by atoms with E-state index in [-0.39, 0.29) is 5.91 Å². The Morgan fingerprint density at radius 1 is 1.07 bits per heavy atom. The minimum Gasteiger partial charge on any atom is -0.351 e. The molecule has 5 heteroatoms. The van der Waals surface area contributed by atoms with Gasteiger partial charge in [-0.15, -0.1) is 22.7 Å². The summed E-state index contributed by atoms with van der Waals surface area (Å²) in [4.78, 5) is 16.8. The van der Waals surface area contributed by atoms with Crippen molar-refractivity contribution in [3.8, 4) is 0 Å². The fraction of sp³-hybridized carbons (Fsp3) is 0.318. The average molecular weight is 398 g/mol. The van der Waals surface area contributed by atoms with Gasteiger partial charge in [0.1, 0.15) is 6.04 Å². The number of hydrogen-bond acceptors (Lipinski definition) is 3. The van der Waals surface area contributed by atoms with Crippen molar-refractivity contribution in [3.05, 3.63) is 80.2 Å². The van der Waals surface area contributed by atoms with Crippen LogP contribution in [-0.4, -0.2) is 25.5 Å². The van der Waals surface area contributed by atoms with E-state index in [1.54, 1.807) is 11.3 Å². The van der Waals surface area contributed by atoms with Crippen molar-refractivity contribution < 1.29 is 9.69 Å². The van der Waals surface area contributed by atoms with Crippen LogP contribution in [0.4, 0.5) is 0 Å². The van der Waals surface area contributed by atoms with Gasteiger partial charge in [-0.05, 0) is 41.3 Å². The minimum absolute atomic E-state index is 0.165. The summed E-state index contributed by atoms with van der Waals surface area (Å²) in [7, 11) is 0. The Hall–Kier alpha value is -1.95. The number of nitrogens with one attached hydrogen (secondary N) is 2. The van der Waals surface area contributed by atoms with Crippen molar-refractivity contribution in [3.63, 3.8) is 0 Å². The molecule has 0 bridgehead atoms. The van der Waals surface area contributed by atoms with Crippen molar-refractivity contribution in [1.82, 2.24) is 5.32 Å². The number of rotatable bonds is 7. The molecule has 1 unspecified atom stereocenters. The van der Waals surface area contributed by atoms with E-state index < -0.39 is 0 Å². The summed E-state index contributed by atoms with van der Waals surface area (Å²) in [5.74, 6) is 0.165. The molecule has 1 aliphatic heterocycles. The van der Waals surface area contributed by atoms with Gasteiger partial charge in [-0.1, -0.05) is 36.4 Å². The van der Waals surface area contributed by atoms with Crippen LogP contribution < -0.4 is 10.2 Å². The highest BCUT2D eigenvalue weighted by Crippen LogP contribution is 2.31. The van der Waals surface area contributed by atoms with Crippen LogP contribution in [0.15, 0.2) is 59.3 Å². The second kappa shape index (κ2) is 8.83. The molecule has 4 rings (SSSR count). The lowest BCUT2D eigenvalue weighted by atomic mass is 9.98. The molecule has 1 aliphatic rings. The molecule has 0 saturated carbocycles. The lowest BCUT2D eigenvalue weighted by Crippen LogP contribution is -3.14.